The van der Waals surface area contributed by atoms with Crippen molar-refractivity contribution in [2.24, 2.45) is 4.99 Å². The van der Waals surface area contributed by atoms with Crippen molar-refractivity contribution in [1.29, 1.82) is 0 Å². The molecule has 3 N–H and O–H groups in total. The molecule has 1 aliphatic carbocycles. The number of aliphatic imine (C=N–C) groups is 1. The Labute approximate surface area is 159 Å². The first-order chi connectivity index (χ1) is 10.6. The molecule has 1 fully saturated rings. The quantitative estimate of drug-likeness (QED) is 0.306. The summed E-state index contributed by atoms with van der Waals surface area (Å²) < 4.78 is 12.0. The monoisotopic (exact) mass is 458 g/mol. The molecule has 0 heterocycles. The van der Waals surface area contributed by atoms with Crippen molar-refractivity contribution in [2.75, 3.05) is 25.9 Å². The molecular weight excluding hydrogens is 427 g/mol. The van der Waals surface area contributed by atoms with Crippen LogP contribution < -0.4 is 16.0 Å². The fraction of sp³-hybridized carbons (Fsp3) is 0.867. The molecular formula is C15H31IN4O2S. The molecule has 0 aromatic heterocycles. The highest BCUT2D eigenvalue weighted by Crippen LogP contribution is 2.22. The SMILES string of the molecule is CCCNC(=O)CNC(=NC)NC1CCCC(S(=O)CC)C1.I. The second kappa shape index (κ2) is 13.0. The Morgan fingerprint density at radius 1 is 1.26 bits per heavy atom. The molecule has 136 valence electrons. The van der Waals surface area contributed by atoms with E-state index in [1.54, 1.807) is 7.05 Å². The third-order valence-electron chi connectivity index (χ3n) is 3.84. The van der Waals surface area contributed by atoms with Gasteiger partial charge >= 0.3 is 0 Å². The van der Waals surface area contributed by atoms with Crippen LogP contribution in [0.2, 0.25) is 0 Å². The molecule has 0 spiro atoms. The molecule has 3 unspecified atom stereocenters. The zero-order chi connectivity index (χ0) is 16.4. The number of halogens is 1. The summed E-state index contributed by atoms with van der Waals surface area (Å²) in [5, 5.41) is 9.49. The van der Waals surface area contributed by atoms with Gasteiger partial charge < -0.3 is 16.0 Å². The average molecular weight is 458 g/mol. The number of guanidine groups is 1. The van der Waals surface area contributed by atoms with Crippen LogP contribution in [0.15, 0.2) is 4.99 Å². The Morgan fingerprint density at radius 2 is 2.00 bits per heavy atom. The summed E-state index contributed by atoms with van der Waals surface area (Å²) in [5.74, 6) is 1.33. The minimum absolute atomic E-state index is 0. The number of carbonyl (C=O) groups is 1. The molecule has 0 bridgehead atoms. The Kier molecular flexibility index (Phi) is 12.8. The molecule has 1 saturated carbocycles. The summed E-state index contributed by atoms with van der Waals surface area (Å²) in [4.78, 5) is 15.8. The highest BCUT2D eigenvalue weighted by molar-refractivity contribution is 14.0. The maximum Gasteiger partial charge on any atom is 0.239 e. The molecule has 0 aromatic rings. The molecule has 6 nitrogen and oxygen atoms in total. The van der Waals surface area contributed by atoms with E-state index in [4.69, 9.17) is 0 Å². The molecule has 8 heteroatoms. The van der Waals surface area contributed by atoms with Crippen LogP contribution in [0.1, 0.15) is 46.0 Å². The largest absolute Gasteiger partial charge is 0.355 e. The van der Waals surface area contributed by atoms with E-state index in [-0.39, 0.29) is 47.7 Å². The molecule has 1 amide bonds. The Hall–Kier alpha value is -0.380. The first-order valence-corrected chi connectivity index (χ1v) is 9.59. The third-order valence-corrected chi connectivity index (χ3v) is 5.58. The number of carbonyl (C=O) groups excluding carboxylic acids is 1. The van der Waals surface area contributed by atoms with E-state index in [9.17, 15) is 9.00 Å². The van der Waals surface area contributed by atoms with Crippen molar-refractivity contribution in [3.05, 3.63) is 0 Å². The summed E-state index contributed by atoms with van der Waals surface area (Å²) in [6, 6.07) is 0.277. The predicted octanol–water partition coefficient (Wildman–Crippen LogP) is 1.38. The second-order valence-corrected chi connectivity index (χ2v) is 7.58. The van der Waals surface area contributed by atoms with Gasteiger partial charge in [0, 0.05) is 41.4 Å². The fourth-order valence-electron chi connectivity index (χ4n) is 2.63. The third kappa shape index (κ3) is 8.88. The topological polar surface area (TPSA) is 82.6 Å². The van der Waals surface area contributed by atoms with E-state index in [1.807, 2.05) is 13.8 Å². The van der Waals surface area contributed by atoms with Gasteiger partial charge in [0.15, 0.2) is 5.96 Å². The average Bonchev–Trinajstić information content (AvgIpc) is 2.56. The Bertz CT molecular complexity index is 407. The van der Waals surface area contributed by atoms with Crippen LogP contribution in [-0.4, -0.2) is 53.3 Å². The van der Waals surface area contributed by atoms with Crippen LogP contribution in [0.5, 0.6) is 0 Å². The zero-order valence-corrected chi connectivity index (χ0v) is 17.5. The van der Waals surface area contributed by atoms with E-state index in [0.717, 1.165) is 37.9 Å². The minimum atomic E-state index is -0.730. The fourth-order valence-corrected chi connectivity index (χ4v) is 3.98. The maximum absolute atomic E-state index is 12.0. The van der Waals surface area contributed by atoms with Crippen molar-refractivity contribution in [2.45, 2.75) is 57.2 Å². The van der Waals surface area contributed by atoms with E-state index in [0.29, 0.717) is 12.5 Å². The molecule has 0 radical (unpaired) electrons. The van der Waals surface area contributed by atoms with Crippen LogP contribution in [-0.2, 0) is 15.6 Å². The normalized spacial score (nSPS) is 22.7. The highest BCUT2D eigenvalue weighted by atomic mass is 127. The summed E-state index contributed by atoms with van der Waals surface area (Å²) in [6.45, 7) is 4.91. The summed E-state index contributed by atoms with van der Waals surface area (Å²) in [5.41, 5.74) is 0. The molecule has 3 atom stereocenters. The van der Waals surface area contributed by atoms with Crippen molar-refractivity contribution in [3.8, 4) is 0 Å². The predicted molar refractivity (Wildman–Crippen MR) is 108 cm³/mol. The molecule has 23 heavy (non-hydrogen) atoms. The van der Waals surface area contributed by atoms with Crippen LogP contribution in [0.3, 0.4) is 0 Å². The van der Waals surface area contributed by atoms with Gasteiger partial charge in [0.2, 0.25) is 5.91 Å². The lowest BCUT2D eigenvalue weighted by Crippen LogP contribution is -2.49. The minimum Gasteiger partial charge on any atom is -0.355 e. The zero-order valence-electron chi connectivity index (χ0n) is 14.4. The second-order valence-electron chi connectivity index (χ2n) is 5.58. The number of nitrogens with one attached hydrogen (secondary N) is 3. The lowest BCUT2D eigenvalue weighted by molar-refractivity contribution is -0.120. The number of hydrogen-bond acceptors (Lipinski definition) is 3. The number of nitrogens with zero attached hydrogens (tertiary/aromatic N) is 1. The first kappa shape index (κ1) is 22.6. The van der Waals surface area contributed by atoms with Gasteiger partial charge in [0.25, 0.3) is 0 Å². The first-order valence-electron chi connectivity index (χ1n) is 8.21. The lowest BCUT2D eigenvalue weighted by Gasteiger charge is -2.30. The van der Waals surface area contributed by atoms with Crippen LogP contribution in [0.4, 0.5) is 0 Å². The molecule has 0 aromatic carbocycles. The van der Waals surface area contributed by atoms with Crippen molar-refractivity contribution in [3.63, 3.8) is 0 Å². The van der Waals surface area contributed by atoms with Crippen LogP contribution in [0, 0.1) is 0 Å². The van der Waals surface area contributed by atoms with Gasteiger partial charge in [-0.05, 0) is 25.7 Å². The van der Waals surface area contributed by atoms with Gasteiger partial charge in [0.05, 0.1) is 6.54 Å². The van der Waals surface area contributed by atoms with Crippen LogP contribution >= 0.6 is 24.0 Å². The number of rotatable bonds is 7. The summed E-state index contributed by atoms with van der Waals surface area (Å²) in [7, 11) is 0.968. The summed E-state index contributed by atoms with van der Waals surface area (Å²) in [6.07, 6.45) is 5.02. The Balaban J connectivity index is 0.00000484. The summed E-state index contributed by atoms with van der Waals surface area (Å²) >= 11 is 0. The van der Waals surface area contributed by atoms with Gasteiger partial charge in [0.1, 0.15) is 0 Å². The number of hydrogen-bond donors (Lipinski definition) is 3. The van der Waals surface area contributed by atoms with E-state index in [1.165, 1.54) is 0 Å². The molecule has 1 aliphatic rings. The highest BCUT2D eigenvalue weighted by Gasteiger charge is 2.26. The van der Waals surface area contributed by atoms with Crippen molar-refractivity contribution in [1.82, 2.24) is 16.0 Å². The number of amides is 1. The lowest BCUT2D eigenvalue weighted by atomic mass is 9.95. The maximum atomic E-state index is 12.0. The van der Waals surface area contributed by atoms with E-state index < -0.39 is 10.8 Å². The standard InChI is InChI=1S/C15H30N4O2S.HI/c1-4-9-17-14(20)11-18-15(16-3)19-12-7-6-8-13(10-12)22(21)5-2;/h12-13H,4-11H2,1-3H3,(H,17,20)(H2,16,18,19);1H. The van der Waals surface area contributed by atoms with Crippen molar-refractivity contribution < 1.29 is 9.00 Å². The van der Waals surface area contributed by atoms with Crippen molar-refractivity contribution >= 4 is 46.6 Å². The van der Waals surface area contributed by atoms with Gasteiger partial charge in [-0.1, -0.05) is 20.3 Å². The molecule has 1 rings (SSSR count). The van der Waals surface area contributed by atoms with E-state index >= 15 is 0 Å². The van der Waals surface area contributed by atoms with Gasteiger partial charge in [-0.25, -0.2) is 0 Å². The smallest absolute Gasteiger partial charge is 0.239 e. The van der Waals surface area contributed by atoms with Gasteiger partial charge in [-0.3, -0.25) is 14.0 Å². The van der Waals surface area contributed by atoms with Gasteiger partial charge in [-0.2, -0.15) is 0 Å². The Morgan fingerprint density at radius 3 is 2.61 bits per heavy atom. The van der Waals surface area contributed by atoms with E-state index in [2.05, 4.69) is 20.9 Å². The molecule has 0 aliphatic heterocycles. The van der Waals surface area contributed by atoms with Crippen LogP contribution in [0.25, 0.3) is 0 Å². The van der Waals surface area contributed by atoms with Gasteiger partial charge in [-0.15, -0.1) is 24.0 Å². The molecule has 0 saturated heterocycles.